The third-order valence-electron chi connectivity index (χ3n) is 4.73. The molecule has 1 heterocycles. The third kappa shape index (κ3) is 5.84. The summed E-state index contributed by atoms with van der Waals surface area (Å²) >= 11 is 5.99. The Balaban J connectivity index is 1.33. The number of hydrogen-bond donors (Lipinski definition) is 1. The number of piperazine rings is 1. The minimum atomic E-state index is 0.190. The van der Waals surface area contributed by atoms with E-state index in [4.69, 9.17) is 11.6 Å². The molecular weight excluding hydrogens is 346 g/mol. The van der Waals surface area contributed by atoms with Crippen LogP contribution in [0.25, 0.3) is 0 Å². The number of hydrogen-bond acceptors (Lipinski definition) is 3. The molecule has 1 fully saturated rings. The van der Waals surface area contributed by atoms with E-state index in [1.165, 1.54) is 11.1 Å². The Morgan fingerprint density at radius 3 is 2.42 bits per heavy atom. The fourth-order valence-electron chi connectivity index (χ4n) is 3.23. The Kier molecular flexibility index (Phi) is 7.06. The zero-order chi connectivity index (χ0) is 18.2. The number of benzene rings is 2. The van der Waals surface area contributed by atoms with Crippen LogP contribution in [-0.2, 0) is 17.8 Å². The zero-order valence-electron chi connectivity index (χ0n) is 15.0. The molecule has 0 spiro atoms. The summed E-state index contributed by atoms with van der Waals surface area (Å²) in [5, 5.41) is 4.01. The van der Waals surface area contributed by atoms with Gasteiger partial charge in [-0.05, 0) is 36.2 Å². The highest BCUT2D eigenvalue weighted by Crippen LogP contribution is 2.11. The molecule has 0 radical (unpaired) electrons. The van der Waals surface area contributed by atoms with Crippen LogP contribution in [0.3, 0.4) is 0 Å². The van der Waals surface area contributed by atoms with Crippen LogP contribution in [0.15, 0.2) is 54.6 Å². The van der Waals surface area contributed by atoms with Crippen molar-refractivity contribution in [2.45, 2.75) is 13.0 Å². The lowest BCUT2D eigenvalue weighted by molar-refractivity contribution is -0.132. The number of carbonyl (C=O) groups is 1. The van der Waals surface area contributed by atoms with Gasteiger partial charge in [0.2, 0.25) is 5.91 Å². The molecule has 26 heavy (non-hydrogen) atoms. The largest absolute Gasteiger partial charge is 0.339 e. The molecule has 1 saturated heterocycles. The number of carbonyl (C=O) groups excluding carboxylic acids is 1. The maximum Gasteiger partial charge on any atom is 0.236 e. The molecule has 5 heteroatoms. The summed E-state index contributed by atoms with van der Waals surface area (Å²) in [6, 6.07) is 18.4. The van der Waals surface area contributed by atoms with E-state index < -0.39 is 0 Å². The Morgan fingerprint density at radius 1 is 0.962 bits per heavy atom. The molecule has 3 rings (SSSR count). The summed E-state index contributed by atoms with van der Waals surface area (Å²) in [4.78, 5) is 16.7. The molecule has 1 aliphatic heterocycles. The maximum atomic E-state index is 12.4. The summed E-state index contributed by atoms with van der Waals surface area (Å²) in [5.41, 5.74) is 2.52. The standard InChI is InChI=1S/C21H26ClN3O/c22-20-8-4-7-18(15-20)9-10-23-16-21(26)25-13-11-24(12-14-25)17-19-5-2-1-3-6-19/h1-8,15,23H,9-14,16-17H2. The van der Waals surface area contributed by atoms with Crippen LogP contribution in [-0.4, -0.2) is 55.0 Å². The van der Waals surface area contributed by atoms with Crippen molar-refractivity contribution in [1.29, 1.82) is 0 Å². The fourth-order valence-corrected chi connectivity index (χ4v) is 3.44. The predicted octanol–water partition coefficient (Wildman–Crippen LogP) is 2.82. The Hall–Kier alpha value is -1.88. The number of nitrogens with zero attached hydrogens (tertiary/aromatic N) is 2. The summed E-state index contributed by atoms with van der Waals surface area (Å²) in [7, 11) is 0. The van der Waals surface area contributed by atoms with Gasteiger partial charge in [-0.15, -0.1) is 0 Å². The second-order valence-electron chi connectivity index (χ2n) is 6.70. The van der Waals surface area contributed by atoms with Gasteiger partial charge in [0.05, 0.1) is 6.54 Å². The van der Waals surface area contributed by atoms with Gasteiger partial charge in [-0.1, -0.05) is 54.1 Å². The first-order chi connectivity index (χ1) is 12.7. The second kappa shape index (κ2) is 9.72. The van der Waals surface area contributed by atoms with Crippen LogP contribution in [0.2, 0.25) is 5.02 Å². The normalized spacial score (nSPS) is 15.2. The number of nitrogens with one attached hydrogen (secondary N) is 1. The van der Waals surface area contributed by atoms with Crippen molar-refractivity contribution in [3.63, 3.8) is 0 Å². The van der Waals surface area contributed by atoms with Crippen molar-refractivity contribution < 1.29 is 4.79 Å². The van der Waals surface area contributed by atoms with Gasteiger partial charge < -0.3 is 10.2 Å². The Morgan fingerprint density at radius 2 is 1.69 bits per heavy atom. The van der Waals surface area contributed by atoms with E-state index in [2.05, 4.69) is 40.5 Å². The summed E-state index contributed by atoms with van der Waals surface area (Å²) < 4.78 is 0. The highest BCUT2D eigenvalue weighted by atomic mass is 35.5. The first-order valence-electron chi connectivity index (χ1n) is 9.20. The van der Waals surface area contributed by atoms with Gasteiger partial charge in [-0.25, -0.2) is 0 Å². The quantitative estimate of drug-likeness (QED) is 0.760. The van der Waals surface area contributed by atoms with Crippen LogP contribution in [0.5, 0.6) is 0 Å². The highest BCUT2D eigenvalue weighted by molar-refractivity contribution is 6.30. The molecule has 4 nitrogen and oxygen atoms in total. The zero-order valence-corrected chi connectivity index (χ0v) is 15.8. The summed E-state index contributed by atoms with van der Waals surface area (Å²) in [6.07, 6.45) is 0.874. The van der Waals surface area contributed by atoms with Crippen LogP contribution in [0.4, 0.5) is 0 Å². The van der Waals surface area contributed by atoms with E-state index >= 15 is 0 Å². The van der Waals surface area contributed by atoms with E-state index in [0.717, 1.165) is 50.7 Å². The molecule has 0 atom stereocenters. The number of halogens is 1. The van der Waals surface area contributed by atoms with Gasteiger partial charge in [0.15, 0.2) is 0 Å². The molecule has 2 aromatic carbocycles. The number of amides is 1. The van der Waals surface area contributed by atoms with E-state index in [0.29, 0.717) is 6.54 Å². The predicted molar refractivity (Wildman–Crippen MR) is 106 cm³/mol. The SMILES string of the molecule is O=C(CNCCc1cccc(Cl)c1)N1CCN(Cc2ccccc2)CC1. The number of rotatable bonds is 7. The van der Waals surface area contributed by atoms with E-state index in [9.17, 15) is 4.79 Å². The highest BCUT2D eigenvalue weighted by Gasteiger charge is 2.20. The molecule has 0 unspecified atom stereocenters. The van der Waals surface area contributed by atoms with E-state index in [1.54, 1.807) is 0 Å². The minimum Gasteiger partial charge on any atom is -0.339 e. The van der Waals surface area contributed by atoms with Gasteiger partial charge in [0, 0.05) is 37.7 Å². The van der Waals surface area contributed by atoms with Gasteiger partial charge in [-0.2, -0.15) is 0 Å². The van der Waals surface area contributed by atoms with Crippen LogP contribution < -0.4 is 5.32 Å². The van der Waals surface area contributed by atoms with Gasteiger partial charge in [0.1, 0.15) is 0 Å². The molecule has 1 aliphatic rings. The lowest BCUT2D eigenvalue weighted by atomic mass is 10.1. The average Bonchev–Trinajstić information content (AvgIpc) is 2.66. The van der Waals surface area contributed by atoms with Crippen LogP contribution in [0, 0.1) is 0 Å². The third-order valence-corrected chi connectivity index (χ3v) is 4.96. The van der Waals surface area contributed by atoms with Gasteiger partial charge >= 0.3 is 0 Å². The topological polar surface area (TPSA) is 35.6 Å². The van der Waals surface area contributed by atoms with Crippen molar-refractivity contribution >= 4 is 17.5 Å². The molecule has 0 aliphatic carbocycles. The Bertz CT molecular complexity index is 699. The summed E-state index contributed by atoms with van der Waals surface area (Å²) in [6.45, 7) is 5.62. The molecule has 138 valence electrons. The molecule has 0 bridgehead atoms. The van der Waals surface area contributed by atoms with Gasteiger partial charge in [-0.3, -0.25) is 9.69 Å². The smallest absolute Gasteiger partial charge is 0.236 e. The van der Waals surface area contributed by atoms with Crippen molar-refractivity contribution in [1.82, 2.24) is 15.1 Å². The lowest BCUT2D eigenvalue weighted by Gasteiger charge is -2.34. The van der Waals surface area contributed by atoms with E-state index in [1.807, 2.05) is 29.2 Å². The van der Waals surface area contributed by atoms with Crippen LogP contribution in [0.1, 0.15) is 11.1 Å². The monoisotopic (exact) mass is 371 g/mol. The average molecular weight is 372 g/mol. The molecule has 0 saturated carbocycles. The second-order valence-corrected chi connectivity index (χ2v) is 7.14. The molecule has 2 aromatic rings. The first kappa shape index (κ1) is 18.9. The van der Waals surface area contributed by atoms with E-state index in [-0.39, 0.29) is 5.91 Å². The van der Waals surface area contributed by atoms with Crippen molar-refractivity contribution in [3.05, 3.63) is 70.7 Å². The van der Waals surface area contributed by atoms with Crippen molar-refractivity contribution in [3.8, 4) is 0 Å². The summed E-state index contributed by atoms with van der Waals surface area (Å²) in [5.74, 6) is 0.190. The molecule has 1 N–H and O–H groups in total. The van der Waals surface area contributed by atoms with Gasteiger partial charge in [0.25, 0.3) is 0 Å². The maximum absolute atomic E-state index is 12.4. The first-order valence-corrected chi connectivity index (χ1v) is 9.58. The Labute approximate surface area is 160 Å². The lowest BCUT2D eigenvalue weighted by Crippen LogP contribution is -2.50. The van der Waals surface area contributed by atoms with Crippen molar-refractivity contribution in [2.75, 3.05) is 39.3 Å². The minimum absolute atomic E-state index is 0.190. The molecular formula is C21H26ClN3O. The van der Waals surface area contributed by atoms with Crippen LogP contribution >= 0.6 is 11.6 Å². The fraction of sp³-hybridized carbons (Fsp3) is 0.381. The molecule has 1 amide bonds. The van der Waals surface area contributed by atoms with Crippen molar-refractivity contribution in [2.24, 2.45) is 0 Å². The molecule has 0 aromatic heterocycles.